The third-order valence-electron chi connectivity index (χ3n) is 6.94. The summed E-state index contributed by atoms with van der Waals surface area (Å²) in [4.78, 5) is 0. The highest BCUT2D eigenvalue weighted by Gasteiger charge is 2.45. The van der Waals surface area contributed by atoms with Gasteiger partial charge in [0.1, 0.15) is 23.6 Å². The van der Waals surface area contributed by atoms with Crippen molar-refractivity contribution < 1.29 is 14.2 Å². The van der Waals surface area contributed by atoms with Gasteiger partial charge < -0.3 is 19.5 Å². The van der Waals surface area contributed by atoms with Crippen LogP contribution in [0.5, 0.6) is 5.75 Å². The van der Waals surface area contributed by atoms with Crippen molar-refractivity contribution >= 4 is 5.69 Å². The zero-order valence-electron chi connectivity index (χ0n) is 21.8. The van der Waals surface area contributed by atoms with Gasteiger partial charge in [-0.1, -0.05) is 84.9 Å². The van der Waals surface area contributed by atoms with Crippen molar-refractivity contribution in [2.75, 3.05) is 5.32 Å². The van der Waals surface area contributed by atoms with Gasteiger partial charge in [-0.2, -0.15) is 0 Å². The van der Waals surface area contributed by atoms with Gasteiger partial charge in [-0.05, 0) is 61.2 Å². The fraction of sp³-hybridized carbons (Fsp3) is 0.273. The van der Waals surface area contributed by atoms with E-state index < -0.39 is 5.60 Å². The van der Waals surface area contributed by atoms with Crippen molar-refractivity contribution in [1.82, 2.24) is 0 Å². The number of nitrogens with one attached hydrogen (secondary N) is 1. The van der Waals surface area contributed by atoms with Gasteiger partial charge in [0, 0.05) is 17.8 Å². The summed E-state index contributed by atoms with van der Waals surface area (Å²) in [6, 6.07) is 35.3. The second-order valence-corrected chi connectivity index (χ2v) is 10.2. The van der Waals surface area contributed by atoms with Crippen molar-refractivity contribution in [1.29, 1.82) is 0 Å². The molecular formula is C33H35NO3. The molecule has 4 heteroatoms. The summed E-state index contributed by atoms with van der Waals surface area (Å²) in [5.41, 5.74) is 6.20. The van der Waals surface area contributed by atoms with E-state index in [4.69, 9.17) is 14.2 Å². The quantitative estimate of drug-likeness (QED) is 0.260. The van der Waals surface area contributed by atoms with Crippen LogP contribution in [0.25, 0.3) is 0 Å². The summed E-state index contributed by atoms with van der Waals surface area (Å²) < 4.78 is 19.8. The molecule has 4 nitrogen and oxygen atoms in total. The zero-order chi connectivity index (χ0) is 25.7. The summed E-state index contributed by atoms with van der Waals surface area (Å²) in [6.45, 7) is 8.01. The fourth-order valence-corrected chi connectivity index (χ4v) is 4.82. The Morgan fingerprint density at radius 2 is 1.43 bits per heavy atom. The SMILES string of the molecule is Cc1ccccc1COC1C(OCc2ccccc2)c2cc(NCc3ccccc3)ccc2OC1(C)C. The van der Waals surface area contributed by atoms with Gasteiger partial charge in [-0.3, -0.25) is 0 Å². The van der Waals surface area contributed by atoms with Crippen LogP contribution in [0.3, 0.4) is 0 Å². The van der Waals surface area contributed by atoms with Gasteiger partial charge in [0.05, 0.1) is 13.2 Å². The molecule has 0 radical (unpaired) electrons. The van der Waals surface area contributed by atoms with Gasteiger partial charge in [0.2, 0.25) is 0 Å². The van der Waals surface area contributed by atoms with Crippen molar-refractivity contribution in [3.63, 3.8) is 0 Å². The van der Waals surface area contributed by atoms with Gasteiger partial charge in [-0.25, -0.2) is 0 Å². The lowest BCUT2D eigenvalue weighted by atomic mass is 9.87. The first kappa shape index (κ1) is 25.1. The van der Waals surface area contributed by atoms with Crippen LogP contribution in [0.1, 0.15) is 47.8 Å². The van der Waals surface area contributed by atoms with Gasteiger partial charge in [0.15, 0.2) is 0 Å². The molecule has 4 aromatic carbocycles. The van der Waals surface area contributed by atoms with Crippen molar-refractivity contribution in [3.8, 4) is 5.75 Å². The molecule has 190 valence electrons. The largest absolute Gasteiger partial charge is 0.485 e. The first-order valence-corrected chi connectivity index (χ1v) is 12.9. The zero-order valence-corrected chi connectivity index (χ0v) is 21.8. The minimum Gasteiger partial charge on any atom is -0.485 e. The first-order chi connectivity index (χ1) is 18.0. The highest BCUT2D eigenvalue weighted by atomic mass is 16.6. The summed E-state index contributed by atoms with van der Waals surface area (Å²) in [5.74, 6) is 0.837. The van der Waals surface area contributed by atoms with Crippen LogP contribution in [0.15, 0.2) is 103 Å². The van der Waals surface area contributed by atoms with E-state index in [1.807, 2.05) is 30.3 Å². The molecule has 5 rings (SSSR count). The molecule has 0 aliphatic carbocycles. The molecule has 0 spiro atoms. The molecule has 0 amide bonds. The Morgan fingerprint density at radius 1 is 0.757 bits per heavy atom. The Balaban J connectivity index is 1.43. The Labute approximate surface area is 220 Å². The molecule has 2 atom stereocenters. The molecule has 1 N–H and O–H groups in total. The predicted octanol–water partition coefficient (Wildman–Crippen LogP) is 7.62. The van der Waals surface area contributed by atoms with E-state index in [-0.39, 0.29) is 12.2 Å². The van der Waals surface area contributed by atoms with E-state index in [2.05, 4.69) is 98.9 Å². The van der Waals surface area contributed by atoms with Gasteiger partial charge in [0.25, 0.3) is 0 Å². The van der Waals surface area contributed by atoms with Crippen molar-refractivity contribution in [2.24, 2.45) is 0 Å². The highest BCUT2D eigenvalue weighted by molar-refractivity contribution is 5.54. The predicted molar refractivity (Wildman–Crippen MR) is 149 cm³/mol. The molecule has 1 heterocycles. The summed E-state index contributed by atoms with van der Waals surface area (Å²) in [5, 5.41) is 3.55. The van der Waals surface area contributed by atoms with Crippen LogP contribution in [0, 0.1) is 6.92 Å². The van der Waals surface area contributed by atoms with E-state index >= 15 is 0 Å². The average molecular weight is 494 g/mol. The van der Waals surface area contributed by atoms with Crippen LogP contribution < -0.4 is 10.1 Å². The first-order valence-electron chi connectivity index (χ1n) is 12.9. The lowest BCUT2D eigenvalue weighted by molar-refractivity contribution is -0.170. The average Bonchev–Trinajstić information content (AvgIpc) is 2.91. The molecular weight excluding hydrogens is 458 g/mol. The minimum absolute atomic E-state index is 0.290. The number of anilines is 1. The number of fused-ring (bicyclic) bond motifs is 1. The third kappa shape index (κ3) is 6.04. The molecule has 0 fully saturated rings. The van der Waals surface area contributed by atoms with Gasteiger partial charge >= 0.3 is 0 Å². The lowest BCUT2D eigenvalue weighted by Gasteiger charge is -2.44. The summed E-state index contributed by atoms with van der Waals surface area (Å²) >= 11 is 0. The normalized spacial score (nSPS) is 18.0. The maximum absolute atomic E-state index is 6.65. The summed E-state index contributed by atoms with van der Waals surface area (Å²) in [7, 11) is 0. The molecule has 0 saturated carbocycles. The molecule has 1 aliphatic heterocycles. The molecule has 4 aromatic rings. The van der Waals surface area contributed by atoms with Crippen LogP contribution in [-0.2, 0) is 29.2 Å². The Morgan fingerprint density at radius 3 is 2.16 bits per heavy atom. The molecule has 2 unspecified atom stereocenters. The van der Waals surface area contributed by atoms with Crippen molar-refractivity contribution in [3.05, 3.63) is 131 Å². The molecule has 0 bridgehead atoms. The van der Waals surface area contributed by atoms with E-state index in [1.165, 1.54) is 16.7 Å². The number of rotatable bonds is 9. The topological polar surface area (TPSA) is 39.7 Å². The number of benzene rings is 4. The molecule has 37 heavy (non-hydrogen) atoms. The molecule has 0 saturated heterocycles. The summed E-state index contributed by atoms with van der Waals surface area (Å²) in [6.07, 6.45) is -0.589. The standard InChI is InChI=1S/C33H35NO3/c1-24-12-10-11-17-27(24)23-36-32-31(35-22-26-15-8-5-9-16-26)29-20-28(18-19-30(29)37-33(32,2)3)34-21-25-13-6-4-7-14-25/h4-20,31-32,34H,21-23H2,1-3H3. The fourth-order valence-electron chi connectivity index (χ4n) is 4.82. The van der Waals surface area contributed by atoms with Crippen LogP contribution in [0.4, 0.5) is 5.69 Å². The molecule has 1 aliphatic rings. The lowest BCUT2D eigenvalue weighted by Crippen LogP contribution is -2.51. The number of aryl methyl sites for hydroxylation is 1. The Kier molecular flexibility index (Phi) is 7.59. The van der Waals surface area contributed by atoms with E-state index in [9.17, 15) is 0 Å². The van der Waals surface area contributed by atoms with E-state index in [1.54, 1.807) is 0 Å². The van der Waals surface area contributed by atoms with E-state index in [0.29, 0.717) is 13.2 Å². The number of ether oxygens (including phenoxy) is 3. The van der Waals surface area contributed by atoms with Gasteiger partial charge in [-0.15, -0.1) is 0 Å². The second kappa shape index (κ2) is 11.2. The number of hydrogen-bond donors (Lipinski definition) is 1. The van der Waals surface area contributed by atoms with Crippen molar-refractivity contribution in [2.45, 2.75) is 58.3 Å². The minimum atomic E-state index is -0.573. The molecule has 0 aromatic heterocycles. The Bertz CT molecular complexity index is 1300. The van der Waals surface area contributed by atoms with Crippen LogP contribution in [-0.4, -0.2) is 11.7 Å². The van der Waals surface area contributed by atoms with Crippen LogP contribution in [0.2, 0.25) is 0 Å². The Hall–Kier alpha value is -3.60. The second-order valence-electron chi connectivity index (χ2n) is 10.2. The number of hydrogen-bond acceptors (Lipinski definition) is 4. The van der Waals surface area contributed by atoms with Crippen LogP contribution >= 0.6 is 0 Å². The highest BCUT2D eigenvalue weighted by Crippen LogP contribution is 2.45. The monoisotopic (exact) mass is 493 g/mol. The maximum atomic E-state index is 6.65. The maximum Gasteiger partial charge on any atom is 0.132 e. The third-order valence-corrected chi connectivity index (χ3v) is 6.94. The van der Waals surface area contributed by atoms with E-state index in [0.717, 1.165) is 29.1 Å². The smallest absolute Gasteiger partial charge is 0.132 e.